The van der Waals surface area contributed by atoms with Gasteiger partial charge in [0.1, 0.15) is 5.75 Å². The van der Waals surface area contributed by atoms with Gasteiger partial charge in [-0.2, -0.15) is 0 Å². The highest BCUT2D eigenvalue weighted by Crippen LogP contribution is 2.39. The summed E-state index contributed by atoms with van der Waals surface area (Å²) in [6.07, 6.45) is 1.02. The Kier molecular flexibility index (Phi) is 3.79. The van der Waals surface area contributed by atoms with E-state index >= 15 is 0 Å². The van der Waals surface area contributed by atoms with E-state index in [0.29, 0.717) is 12.3 Å². The third-order valence-electron chi connectivity index (χ3n) is 4.98. The maximum atomic E-state index is 9.93. The highest BCUT2D eigenvalue weighted by atomic mass is 16.3. The normalized spacial score (nSPS) is 18.0. The maximum Gasteiger partial charge on any atom is 0.115 e. The van der Waals surface area contributed by atoms with Crippen molar-refractivity contribution in [1.82, 2.24) is 9.88 Å². The largest absolute Gasteiger partial charge is 0.508 e. The van der Waals surface area contributed by atoms with Crippen LogP contribution in [0.15, 0.2) is 42.5 Å². The van der Waals surface area contributed by atoms with Crippen molar-refractivity contribution in [2.75, 3.05) is 19.6 Å². The Bertz CT molecular complexity index is 884. The molecule has 4 nitrogen and oxygen atoms in total. The molecule has 1 aromatic heterocycles. The van der Waals surface area contributed by atoms with Crippen molar-refractivity contribution in [3.05, 3.63) is 64.8 Å². The summed E-state index contributed by atoms with van der Waals surface area (Å²) in [6.45, 7) is 4.58. The van der Waals surface area contributed by atoms with Crippen LogP contribution in [0.5, 0.6) is 5.75 Å². The summed E-state index contributed by atoms with van der Waals surface area (Å²) >= 11 is 0. The van der Waals surface area contributed by atoms with Gasteiger partial charge in [0.15, 0.2) is 0 Å². The number of aromatic nitrogens is 1. The molecule has 2 aromatic carbocycles. The van der Waals surface area contributed by atoms with Crippen LogP contribution in [0.25, 0.3) is 10.9 Å². The van der Waals surface area contributed by atoms with E-state index in [4.69, 9.17) is 5.73 Å². The number of rotatable bonds is 3. The van der Waals surface area contributed by atoms with E-state index in [1.54, 1.807) is 6.07 Å². The lowest BCUT2D eigenvalue weighted by Crippen LogP contribution is -2.39. The summed E-state index contributed by atoms with van der Waals surface area (Å²) < 4.78 is 0. The highest BCUT2D eigenvalue weighted by molar-refractivity contribution is 5.86. The summed E-state index contributed by atoms with van der Waals surface area (Å²) in [5, 5.41) is 11.3. The Hall–Kier alpha value is -2.30. The van der Waals surface area contributed by atoms with Gasteiger partial charge >= 0.3 is 0 Å². The van der Waals surface area contributed by atoms with Crippen LogP contribution < -0.4 is 5.73 Å². The van der Waals surface area contributed by atoms with Crippen molar-refractivity contribution >= 4 is 10.9 Å². The predicted molar refractivity (Wildman–Crippen MR) is 97.3 cm³/mol. The number of nitrogens with one attached hydrogen (secondary N) is 1. The molecule has 1 aliphatic heterocycles. The van der Waals surface area contributed by atoms with E-state index in [1.807, 2.05) is 12.1 Å². The van der Waals surface area contributed by atoms with E-state index in [-0.39, 0.29) is 6.04 Å². The van der Waals surface area contributed by atoms with Crippen molar-refractivity contribution in [3.8, 4) is 5.75 Å². The Labute approximate surface area is 141 Å². The molecule has 0 amide bonds. The fourth-order valence-corrected chi connectivity index (χ4v) is 3.93. The molecule has 2 heterocycles. The van der Waals surface area contributed by atoms with E-state index in [9.17, 15) is 5.11 Å². The molecule has 1 unspecified atom stereocenters. The Balaban J connectivity index is 1.90. The quantitative estimate of drug-likeness (QED) is 0.694. The van der Waals surface area contributed by atoms with Gasteiger partial charge in [-0.25, -0.2) is 0 Å². The molecule has 4 heteroatoms. The number of phenolic OH excluding ortho intramolecular Hbond substituents is 1. The molecular weight excluding hydrogens is 298 g/mol. The second-order valence-corrected chi connectivity index (χ2v) is 6.64. The van der Waals surface area contributed by atoms with E-state index in [0.717, 1.165) is 25.1 Å². The predicted octanol–water partition coefficient (Wildman–Crippen LogP) is 3.09. The van der Waals surface area contributed by atoms with Gasteiger partial charge in [-0.1, -0.05) is 23.8 Å². The molecule has 0 radical (unpaired) electrons. The Morgan fingerprint density at radius 2 is 2.12 bits per heavy atom. The minimum Gasteiger partial charge on any atom is -0.508 e. The number of phenols is 1. The topological polar surface area (TPSA) is 65.3 Å². The van der Waals surface area contributed by atoms with Gasteiger partial charge in [-0.15, -0.1) is 0 Å². The lowest BCUT2D eigenvalue weighted by molar-refractivity contribution is 0.217. The van der Waals surface area contributed by atoms with Crippen LogP contribution in [0, 0.1) is 6.92 Å². The lowest BCUT2D eigenvalue weighted by Gasteiger charge is -2.36. The van der Waals surface area contributed by atoms with Crippen LogP contribution >= 0.6 is 0 Å². The summed E-state index contributed by atoms with van der Waals surface area (Å²) in [5.41, 5.74) is 12.0. The molecule has 0 saturated carbocycles. The molecule has 0 fully saturated rings. The van der Waals surface area contributed by atoms with Gasteiger partial charge < -0.3 is 15.8 Å². The molecule has 0 aliphatic carbocycles. The zero-order valence-electron chi connectivity index (χ0n) is 13.9. The van der Waals surface area contributed by atoms with Crippen molar-refractivity contribution < 1.29 is 5.11 Å². The second kappa shape index (κ2) is 5.96. The number of nitrogens with two attached hydrogens (primary N) is 1. The molecule has 0 saturated heterocycles. The first kappa shape index (κ1) is 15.2. The van der Waals surface area contributed by atoms with Gasteiger partial charge in [0.25, 0.3) is 0 Å². The van der Waals surface area contributed by atoms with Crippen molar-refractivity contribution in [2.45, 2.75) is 19.4 Å². The van der Waals surface area contributed by atoms with Crippen LogP contribution in [0.4, 0.5) is 0 Å². The van der Waals surface area contributed by atoms with Crippen LogP contribution in [0.1, 0.15) is 28.4 Å². The average Bonchev–Trinajstić information content (AvgIpc) is 2.92. The van der Waals surface area contributed by atoms with Crippen LogP contribution in [0.3, 0.4) is 0 Å². The standard InChI is InChI=1S/C20H23N3O/c1-13-5-6-18-17(11-13)16-7-9-23(10-8-21)20(19(16)22-18)14-3-2-4-15(24)12-14/h2-6,11-12,20,22,24H,7-10,21H2,1H3. The molecule has 3 aromatic rings. The Morgan fingerprint density at radius 3 is 2.92 bits per heavy atom. The number of nitrogens with zero attached hydrogens (tertiary/aromatic N) is 1. The first-order valence-electron chi connectivity index (χ1n) is 8.51. The average molecular weight is 321 g/mol. The van der Waals surface area contributed by atoms with Crippen molar-refractivity contribution in [2.24, 2.45) is 5.73 Å². The van der Waals surface area contributed by atoms with Crippen molar-refractivity contribution in [1.29, 1.82) is 0 Å². The molecular formula is C20H23N3O. The van der Waals surface area contributed by atoms with Gasteiger partial charge in [-0.05, 0) is 48.7 Å². The highest BCUT2D eigenvalue weighted by Gasteiger charge is 2.31. The third kappa shape index (κ3) is 2.48. The molecule has 4 N–H and O–H groups in total. The van der Waals surface area contributed by atoms with Gasteiger partial charge in [0.2, 0.25) is 0 Å². The second-order valence-electron chi connectivity index (χ2n) is 6.64. The van der Waals surface area contributed by atoms with Gasteiger partial charge in [-0.3, -0.25) is 4.90 Å². The van der Waals surface area contributed by atoms with Crippen LogP contribution in [0.2, 0.25) is 0 Å². The fourth-order valence-electron chi connectivity index (χ4n) is 3.93. The van der Waals surface area contributed by atoms with E-state index in [2.05, 4.69) is 41.1 Å². The summed E-state index contributed by atoms with van der Waals surface area (Å²) in [7, 11) is 0. The summed E-state index contributed by atoms with van der Waals surface area (Å²) in [5.74, 6) is 0.305. The smallest absolute Gasteiger partial charge is 0.115 e. The van der Waals surface area contributed by atoms with Gasteiger partial charge in [0, 0.05) is 36.2 Å². The van der Waals surface area contributed by atoms with Gasteiger partial charge in [0.05, 0.1) is 6.04 Å². The molecule has 1 aliphatic rings. The number of aromatic amines is 1. The minimum atomic E-state index is 0.108. The number of H-pyrrole nitrogens is 1. The monoisotopic (exact) mass is 321 g/mol. The maximum absolute atomic E-state index is 9.93. The molecule has 0 spiro atoms. The van der Waals surface area contributed by atoms with Crippen molar-refractivity contribution in [3.63, 3.8) is 0 Å². The third-order valence-corrected chi connectivity index (χ3v) is 4.98. The molecule has 24 heavy (non-hydrogen) atoms. The number of benzene rings is 2. The Morgan fingerprint density at radius 1 is 1.25 bits per heavy atom. The van der Waals surface area contributed by atoms with Crippen LogP contribution in [-0.2, 0) is 6.42 Å². The fraction of sp³-hybridized carbons (Fsp3) is 0.300. The number of aryl methyl sites for hydroxylation is 1. The van der Waals surface area contributed by atoms with Crippen LogP contribution in [-0.4, -0.2) is 34.6 Å². The molecule has 4 rings (SSSR count). The first-order chi connectivity index (χ1) is 11.7. The first-order valence-corrected chi connectivity index (χ1v) is 8.51. The number of aromatic hydroxyl groups is 1. The minimum absolute atomic E-state index is 0.108. The van der Waals surface area contributed by atoms with E-state index < -0.39 is 0 Å². The lowest BCUT2D eigenvalue weighted by atomic mass is 9.92. The SMILES string of the molecule is Cc1ccc2[nH]c3c(c2c1)CCN(CCN)C3c1cccc(O)c1. The summed E-state index contributed by atoms with van der Waals surface area (Å²) in [4.78, 5) is 6.04. The molecule has 124 valence electrons. The number of fused-ring (bicyclic) bond motifs is 3. The summed E-state index contributed by atoms with van der Waals surface area (Å²) in [6, 6.07) is 14.3. The molecule has 0 bridgehead atoms. The zero-order chi connectivity index (χ0) is 16.7. The number of hydrogen-bond acceptors (Lipinski definition) is 3. The number of hydrogen-bond donors (Lipinski definition) is 3. The van der Waals surface area contributed by atoms with E-state index in [1.165, 1.54) is 27.7 Å². The zero-order valence-corrected chi connectivity index (χ0v) is 13.9. The molecule has 1 atom stereocenters.